The number of aromatic nitrogens is 4. The molecule has 11 heteroatoms. The van der Waals surface area contributed by atoms with Gasteiger partial charge in [0.2, 0.25) is 0 Å². The minimum absolute atomic E-state index is 0.153. The number of thioether (sulfide) groups is 1. The van der Waals surface area contributed by atoms with Crippen molar-refractivity contribution in [1.29, 1.82) is 0 Å². The summed E-state index contributed by atoms with van der Waals surface area (Å²) in [5, 5.41) is 2.77. The maximum atomic E-state index is 13.1. The minimum Gasteiger partial charge on any atom is -0.384 e. The quantitative estimate of drug-likeness (QED) is 0.234. The second-order valence-electron chi connectivity index (χ2n) is 7.34. The van der Waals surface area contributed by atoms with Gasteiger partial charge in [-0.3, -0.25) is 28.5 Å². The van der Waals surface area contributed by atoms with Gasteiger partial charge in [0.05, 0.1) is 11.1 Å². The average Bonchev–Trinajstić information content (AvgIpc) is 3.22. The fourth-order valence-corrected chi connectivity index (χ4v) is 5.35. The number of hydrogen-bond donors (Lipinski definition) is 2. The number of H-pyrrole nitrogens is 1. The molecule has 170 valence electrons. The van der Waals surface area contributed by atoms with E-state index in [1.807, 2.05) is 42.6 Å². The van der Waals surface area contributed by atoms with E-state index in [9.17, 15) is 19.2 Å². The van der Waals surface area contributed by atoms with Crippen molar-refractivity contribution in [3.05, 3.63) is 72.5 Å². The molecule has 0 atom stereocenters. The molecule has 33 heavy (non-hydrogen) atoms. The Balaban J connectivity index is 1.66. The summed E-state index contributed by atoms with van der Waals surface area (Å²) in [4.78, 5) is 57.5. The van der Waals surface area contributed by atoms with E-state index in [1.165, 1.54) is 20.5 Å². The summed E-state index contributed by atoms with van der Waals surface area (Å²) in [6, 6.07) is 9.59. The Morgan fingerprint density at radius 2 is 1.94 bits per heavy atom. The predicted molar refractivity (Wildman–Crippen MR) is 131 cm³/mol. The third kappa shape index (κ3) is 4.16. The summed E-state index contributed by atoms with van der Waals surface area (Å²) >= 11 is 2.39. The van der Waals surface area contributed by atoms with Crippen LogP contribution in [0.2, 0.25) is 0 Å². The SMILES string of the molecule is CCCn1c(N)c(C(=O)CSc2nc3scc(-c4ccccc4)c3c(=O)n2C)c(=O)[nH]c1=O. The first-order valence-corrected chi connectivity index (χ1v) is 12.0. The Kier molecular flexibility index (Phi) is 6.34. The van der Waals surface area contributed by atoms with Crippen molar-refractivity contribution in [1.82, 2.24) is 19.1 Å². The van der Waals surface area contributed by atoms with Crippen molar-refractivity contribution in [3.63, 3.8) is 0 Å². The monoisotopic (exact) mass is 483 g/mol. The fourth-order valence-electron chi connectivity index (χ4n) is 3.52. The van der Waals surface area contributed by atoms with Crippen LogP contribution in [0.1, 0.15) is 23.7 Å². The van der Waals surface area contributed by atoms with Crippen LogP contribution in [-0.4, -0.2) is 30.6 Å². The van der Waals surface area contributed by atoms with Gasteiger partial charge in [-0.2, -0.15) is 0 Å². The number of nitrogen functional groups attached to an aromatic ring is 1. The summed E-state index contributed by atoms with van der Waals surface area (Å²) in [7, 11) is 1.59. The van der Waals surface area contributed by atoms with Gasteiger partial charge in [-0.1, -0.05) is 49.0 Å². The summed E-state index contributed by atoms with van der Waals surface area (Å²) in [6.07, 6.45) is 0.607. The lowest BCUT2D eigenvalue weighted by Crippen LogP contribution is -2.36. The van der Waals surface area contributed by atoms with E-state index in [4.69, 9.17) is 5.73 Å². The number of hydrogen-bond acceptors (Lipinski definition) is 8. The van der Waals surface area contributed by atoms with E-state index in [0.29, 0.717) is 21.8 Å². The van der Waals surface area contributed by atoms with Gasteiger partial charge in [0, 0.05) is 24.5 Å². The van der Waals surface area contributed by atoms with Gasteiger partial charge in [0.25, 0.3) is 11.1 Å². The predicted octanol–water partition coefficient (Wildman–Crippen LogP) is 2.48. The van der Waals surface area contributed by atoms with Gasteiger partial charge in [-0.25, -0.2) is 9.78 Å². The molecule has 3 N–H and O–H groups in total. The molecule has 0 unspecified atom stereocenters. The van der Waals surface area contributed by atoms with Crippen LogP contribution in [0.25, 0.3) is 21.3 Å². The molecule has 0 amide bonds. The average molecular weight is 484 g/mol. The molecule has 0 aliphatic heterocycles. The molecule has 4 aromatic rings. The van der Waals surface area contributed by atoms with Gasteiger partial charge in [-0.15, -0.1) is 11.3 Å². The summed E-state index contributed by atoms with van der Waals surface area (Å²) < 4.78 is 2.57. The highest BCUT2D eigenvalue weighted by Crippen LogP contribution is 2.32. The van der Waals surface area contributed by atoms with E-state index in [-0.39, 0.29) is 29.2 Å². The Morgan fingerprint density at radius 1 is 1.21 bits per heavy atom. The van der Waals surface area contributed by atoms with E-state index >= 15 is 0 Å². The summed E-state index contributed by atoms with van der Waals surface area (Å²) in [6.45, 7) is 2.13. The first-order chi connectivity index (χ1) is 15.8. The fraction of sp³-hybridized carbons (Fsp3) is 0.227. The maximum absolute atomic E-state index is 13.1. The lowest BCUT2D eigenvalue weighted by molar-refractivity contribution is 0.102. The Hall–Kier alpha value is -3.44. The van der Waals surface area contributed by atoms with Crippen LogP contribution in [0.5, 0.6) is 0 Å². The van der Waals surface area contributed by atoms with Crippen LogP contribution < -0.4 is 22.5 Å². The molecule has 0 aliphatic carbocycles. The number of nitrogens with zero attached hydrogens (tertiary/aromatic N) is 3. The van der Waals surface area contributed by atoms with Crippen LogP contribution in [0.4, 0.5) is 5.82 Å². The highest BCUT2D eigenvalue weighted by Gasteiger charge is 2.21. The molecule has 0 saturated carbocycles. The van der Waals surface area contributed by atoms with E-state index in [2.05, 4.69) is 9.97 Å². The molecule has 0 spiro atoms. The number of ketones is 1. The highest BCUT2D eigenvalue weighted by atomic mass is 32.2. The van der Waals surface area contributed by atoms with Gasteiger partial charge < -0.3 is 5.73 Å². The van der Waals surface area contributed by atoms with Crippen LogP contribution in [0.3, 0.4) is 0 Å². The number of aromatic amines is 1. The molecular formula is C22H21N5O4S2. The number of anilines is 1. The number of Topliss-reactive ketones (excluding diaryl/α,β-unsaturated/α-hetero) is 1. The zero-order valence-corrected chi connectivity index (χ0v) is 19.6. The number of nitrogens with one attached hydrogen (secondary N) is 1. The van der Waals surface area contributed by atoms with Gasteiger partial charge >= 0.3 is 5.69 Å². The molecule has 0 aliphatic rings. The molecule has 4 rings (SSSR count). The Bertz CT molecular complexity index is 1530. The third-order valence-corrected chi connectivity index (χ3v) is 7.06. The zero-order valence-electron chi connectivity index (χ0n) is 18.0. The number of nitrogens with two attached hydrogens (primary N) is 1. The van der Waals surface area contributed by atoms with Crippen molar-refractivity contribution in [3.8, 4) is 11.1 Å². The Morgan fingerprint density at radius 3 is 2.64 bits per heavy atom. The van der Waals surface area contributed by atoms with E-state index in [0.717, 1.165) is 22.9 Å². The topological polar surface area (TPSA) is 133 Å². The third-order valence-electron chi connectivity index (χ3n) is 5.16. The number of rotatable bonds is 7. The number of fused-ring (bicyclic) bond motifs is 1. The minimum atomic E-state index is -0.821. The molecule has 9 nitrogen and oxygen atoms in total. The number of carbonyl (C=O) groups excluding carboxylic acids is 1. The second-order valence-corrected chi connectivity index (χ2v) is 9.14. The molecule has 3 aromatic heterocycles. The molecule has 1 aromatic carbocycles. The second kappa shape index (κ2) is 9.20. The molecule has 0 bridgehead atoms. The maximum Gasteiger partial charge on any atom is 0.329 e. The first-order valence-electron chi connectivity index (χ1n) is 10.2. The largest absolute Gasteiger partial charge is 0.384 e. The molecular weight excluding hydrogens is 462 g/mol. The molecule has 0 fully saturated rings. The first kappa shape index (κ1) is 22.7. The molecule has 3 heterocycles. The van der Waals surface area contributed by atoms with Crippen molar-refractivity contribution < 1.29 is 4.79 Å². The van der Waals surface area contributed by atoms with Crippen molar-refractivity contribution in [2.75, 3.05) is 11.5 Å². The molecule has 0 radical (unpaired) electrons. The van der Waals surface area contributed by atoms with Crippen LogP contribution in [0, 0.1) is 0 Å². The standard InChI is InChI=1S/C22H21N5O4S2/c1-3-9-27-17(23)16(18(29)24-21(27)31)14(28)11-33-22-25-19-15(20(30)26(22)2)13(10-32-19)12-7-5-4-6-8-12/h4-8,10H,3,9,11,23H2,1-2H3,(H,24,29,31). The van der Waals surface area contributed by atoms with Crippen molar-refractivity contribution in [2.24, 2.45) is 7.05 Å². The van der Waals surface area contributed by atoms with Crippen molar-refractivity contribution >= 4 is 44.9 Å². The van der Waals surface area contributed by atoms with Crippen LogP contribution >= 0.6 is 23.1 Å². The van der Waals surface area contributed by atoms with Gasteiger partial charge in [-0.05, 0) is 12.0 Å². The van der Waals surface area contributed by atoms with E-state index < -0.39 is 17.0 Å². The Labute approximate surface area is 195 Å². The summed E-state index contributed by atoms with van der Waals surface area (Å²) in [5.74, 6) is -0.867. The van der Waals surface area contributed by atoms with Crippen LogP contribution in [-0.2, 0) is 13.6 Å². The lowest BCUT2D eigenvalue weighted by Gasteiger charge is -2.11. The summed E-state index contributed by atoms with van der Waals surface area (Å²) in [5.41, 5.74) is 5.76. The smallest absolute Gasteiger partial charge is 0.329 e. The van der Waals surface area contributed by atoms with Crippen LogP contribution in [0.15, 0.2) is 55.3 Å². The number of thiophene rings is 1. The number of benzene rings is 1. The molecule has 0 saturated heterocycles. The van der Waals surface area contributed by atoms with Gasteiger partial charge in [0.15, 0.2) is 10.9 Å². The lowest BCUT2D eigenvalue weighted by atomic mass is 10.1. The normalized spacial score (nSPS) is 11.2. The highest BCUT2D eigenvalue weighted by molar-refractivity contribution is 7.99. The van der Waals surface area contributed by atoms with Crippen molar-refractivity contribution in [2.45, 2.75) is 25.0 Å². The van der Waals surface area contributed by atoms with E-state index in [1.54, 1.807) is 7.05 Å². The zero-order chi connectivity index (χ0) is 23.7. The number of carbonyl (C=O) groups is 1. The van der Waals surface area contributed by atoms with Gasteiger partial charge in [0.1, 0.15) is 16.2 Å².